The van der Waals surface area contributed by atoms with Gasteiger partial charge in [-0.25, -0.2) is 0 Å². The summed E-state index contributed by atoms with van der Waals surface area (Å²) in [5.41, 5.74) is 1.14. The van der Waals surface area contributed by atoms with E-state index < -0.39 is 22.7 Å². The van der Waals surface area contributed by atoms with Gasteiger partial charge in [0.25, 0.3) is 0 Å². The molecule has 0 saturated carbocycles. The summed E-state index contributed by atoms with van der Waals surface area (Å²) >= 11 is 1.10. The third kappa shape index (κ3) is 4.60. The van der Waals surface area contributed by atoms with Crippen molar-refractivity contribution in [3.05, 3.63) is 51.0 Å². The maximum atomic E-state index is 12.4. The van der Waals surface area contributed by atoms with Gasteiger partial charge in [-0.2, -0.15) is 4.99 Å². The molecule has 0 radical (unpaired) electrons. The van der Waals surface area contributed by atoms with Gasteiger partial charge in [0.05, 0.1) is 22.9 Å². The normalized spacial score (nSPS) is 11.5. The molecule has 0 aliphatic heterocycles. The smallest absolute Gasteiger partial charge is 0.433 e. The summed E-state index contributed by atoms with van der Waals surface area (Å²) in [6.45, 7) is 3.04. The van der Waals surface area contributed by atoms with Crippen molar-refractivity contribution in [3.63, 3.8) is 0 Å². The van der Waals surface area contributed by atoms with Gasteiger partial charge in [-0.05, 0) is 31.2 Å². The fourth-order valence-corrected chi connectivity index (χ4v) is 3.68. The summed E-state index contributed by atoms with van der Waals surface area (Å²) in [4.78, 5) is 49.9. The number of nitro groups is 1. The second kappa shape index (κ2) is 8.69. The number of ether oxygens (including phenoxy) is 1. The molecule has 0 spiro atoms. The highest BCUT2D eigenvalue weighted by atomic mass is 32.1. The van der Waals surface area contributed by atoms with E-state index in [-0.39, 0.29) is 29.6 Å². The number of nitrogens with one attached hydrogen (secondary N) is 1. The third-order valence-corrected chi connectivity index (χ3v) is 4.82. The largest absolute Gasteiger partial charge is 0.465 e. The highest BCUT2D eigenvalue weighted by molar-refractivity contribution is 7.16. The monoisotopic (exact) mass is 432 g/mol. The van der Waals surface area contributed by atoms with E-state index in [1.54, 1.807) is 25.1 Å². The Kier molecular flexibility index (Phi) is 6.06. The summed E-state index contributed by atoms with van der Waals surface area (Å²) in [6, 6.07) is 7.23. The Morgan fingerprint density at radius 3 is 2.70 bits per heavy atom. The molecule has 0 fully saturated rings. The van der Waals surface area contributed by atoms with E-state index in [0.717, 1.165) is 23.5 Å². The molecule has 1 aromatic carbocycles. The number of amides is 2. The molecule has 0 aliphatic carbocycles. The Bertz CT molecular complexity index is 1220. The van der Waals surface area contributed by atoms with Crippen LogP contribution in [0.1, 0.15) is 24.4 Å². The van der Waals surface area contributed by atoms with E-state index in [1.807, 2.05) is 0 Å². The van der Waals surface area contributed by atoms with Crippen LogP contribution in [0.25, 0.3) is 10.2 Å². The highest BCUT2D eigenvalue weighted by Gasteiger charge is 2.18. The van der Waals surface area contributed by atoms with Crippen LogP contribution in [-0.4, -0.2) is 33.9 Å². The Morgan fingerprint density at radius 2 is 2.07 bits per heavy atom. The molecule has 3 rings (SSSR count). The molecule has 0 aliphatic rings. The number of anilines is 1. The number of aromatic nitrogens is 1. The molecule has 0 unspecified atom stereocenters. The first kappa shape index (κ1) is 20.9. The standard InChI is InChI=1S/C18H16N4O7S/c1-3-28-16(24)9-21-12-5-4-11(19-10(2)23)8-14(12)30-18(21)20-17(25)13-6-7-15(29-13)22(26)27/h4-8H,3,9H2,1-2H3,(H,19,23). The van der Waals surface area contributed by atoms with E-state index in [9.17, 15) is 24.5 Å². The molecule has 0 saturated heterocycles. The topological polar surface area (TPSA) is 146 Å². The lowest BCUT2D eigenvalue weighted by molar-refractivity contribution is -0.402. The van der Waals surface area contributed by atoms with Gasteiger partial charge >= 0.3 is 17.8 Å². The van der Waals surface area contributed by atoms with Crippen molar-refractivity contribution >= 4 is 50.9 Å². The first-order chi connectivity index (χ1) is 14.3. The van der Waals surface area contributed by atoms with Crippen LogP contribution < -0.4 is 10.1 Å². The van der Waals surface area contributed by atoms with E-state index in [0.29, 0.717) is 15.9 Å². The van der Waals surface area contributed by atoms with Crippen LogP contribution in [0.4, 0.5) is 11.6 Å². The van der Waals surface area contributed by atoms with Crippen molar-refractivity contribution < 1.29 is 28.5 Å². The molecular weight excluding hydrogens is 416 g/mol. The molecule has 2 aromatic heterocycles. The molecule has 11 nitrogen and oxygen atoms in total. The van der Waals surface area contributed by atoms with Crippen LogP contribution in [0.3, 0.4) is 0 Å². The highest BCUT2D eigenvalue weighted by Crippen LogP contribution is 2.23. The maximum Gasteiger partial charge on any atom is 0.433 e. The predicted molar refractivity (Wildman–Crippen MR) is 106 cm³/mol. The van der Waals surface area contributed by atoms with Crippen LogP contribution in [0.15, 0.2) is 39.7 Å². The number of carbonyl (C=O) groups excluding carboxylic acids is 3. The lowest BCUT2D eigenvalue weighted by atomic mass is 10.3. The first-order valence-corrected chi connectivity index (χ1v) is 9.50. The number of rotatable bonds is 6. The number of benzene rings is 1. The zero-order valence-electron chi connectivity index (χ0n) is 15.9. The number of nitrogens with zero attached hydrogens (tertiary/aromatic N) is 3. The number of fused-ring (bicyclic) bond motifs is 1. The number of furan rings is 1. The van der Waals surface area contributed by atoms with Gasteiger partial charge in [-0.1, -0.05) is 11.3 Å². The van der Waals surface area contributed by atoms with Gasteiger partial charge < -0.3 is 19.0 Å². The maximum absolute atomic E-state index is 12.4. The quantitative estimate of drug-likeness (QED) is 0.357. The van der Waals surface area contributed by atoms with Gasteiger partial charge in [-0.3, -0.25) is 24.5 Å². The Morgan fingerprint density at radius 1 is 1.30 bits per heavy atom. The van der Waals surface area contributed by atoms with Crippen molar-refractivity contribution in [2.24, 2.45) is 4.99 Å². The number of hydrogen-bond donors (Lipinski definition) is 1. The summed E-state index contributed by atoms with van der Waals surface area (Å²) in [6.07, 6.45) is 0. The summed E-state index contributed by atoms with van der Waals surface area (Å²) in [5.74, 6) is -2.49. The van der Waals surface area contributed by atoms with Crippen LogP contribution >= 0.6 is 11.3 Å². The molecular formula is C18H16N4O7S. The zero-order valence-corrected chi connectivity index (χ0v) is 16.7. The van der Waals surface area contributed by atoms with Crippen molar-refractivity contribution in [1.29, 1.82) is 0 Å². The lowest BCUT2D eigenvalue weighted by Crippen LogP contribution is -2.23. The van der Waals surface area contributed by atoms with Crippen LogP contribution in [0.2, 0.25) is 0 Å². The fourth-order valence-electron chi connectivity index (χ4n) is 2.61. The summed E-state index contributed by atoms with van der Waals surface area (Å²) in [5, 5.41) is 13.4. The molecule has 1 N–H and O–H groups in total. The number of carbonyl (C=O) groups is 3. The third-order valence-electron chi connectivity index (χ3n) is 3.78. The molecule has 12 heteroatoms. The second-order valence-corrected chi connectivity index (χ2v) is 6.96. The minimum Gasteiger partial charge on any atom is -0.465 e. The first-order valence-electron chi connectivity index (χ1n) is 8.68. The minimum absolute atomic E-state index is 0.169. The van der Waals surface area contributed by atoms with Crippen molar-refractivity contribution in [3.8, 4) is 0 Å². The van der Waals surface area contributed by atoms with Gasteiger partial charge in [0.1, 0.15) is 11.5 Å². The van der Waals surface area contributed by atoms with Crippen LogP contribution in [0.5, 0.6) is 0 Å². The predicted octanol–water partition coefficient (Wildman–Crippen LogP) is 2.47. The zero-order chi connectivity index (χ0) is 21.8. The Hall–Kier alpha value is -3.80. The van der Waals surface area contributed by atoms with E-state index in [4.69, 9.17) is 9.15 Å². The van der Waals surface area contributed by atoms with Crippen LogP contribution in [0, 0.1) is 10.1 Å². The van der Waals surface area contributed by atoms with Crippen molar-refractivity contribution in [1.82, 2.24) is 4.57 Å². The van der Waals surface area contributed by atoms with Crippen LogP contribution in [-0.2, 0) is 20.9 Å². The van der Waals surface area contributed by atoms with Gasteiger partial charge in [0.2, 0.25) is 11.7 Å². The molecule has 0 atom stereocenters. The molecule has 2 heterocycles. The Balaban J connectivity index is 2.08. The molecule has 0 bridgehead atoms. The second-order valence-electron chi connectivity index (χ2n) is 5.95. The van der Waals surface area contributed by atoms with Gasteiger partial charge in [0, 0.05) is 12.6 Å². The minimum atomic E-state index is -0.839. The SMILES string of the molecule is CCOC(=O)Cn1c(=NC(=O)c2ccc([N+](=O)[O-])o2)sc2cc(NC(C)=O)ccc21. The lowest BCUT2D eigenvalue weighted by Gasteiger charge is -2.06. The van der Waals surface area contributed by atoms with Gasteiger partial charge in [0.15, 0.2) is 4.80 Å². The summed E-state index contributed by atoms with van der Waals surface area (Å²) in [7, 11) is 0. The van der Waals surface area contributed by atoms with Crippen molar-refractivity contribution in [2.45, 2.75) is 20.4 Å². The molecule has 3 aromatic rings. The van der Waals surface area contributed by atoms with Gasteiger partial charge in [-0.15, -0.1) is 0 Å². The van der Waals surface area contributed by atoms with E-state index >= 15 is 0 Å². The molecule has 2 amide bonds. The fraction of sp³-hybridized carbons (Fsp3) is 0.222. The molecule has 30 heavy (non-hydrogen) atoms. The molecule has 156 valence electrons. The number of hydrogen-bond acceptors (Lipinski definition) is 8. The summed E-state index contributed by atoms with van der Waals surface area (Å²) < 4.78 is 12.0. The van der Waals surface area contributed by atoms with Crippen molar-refractivity contribution in [2.75, 3.05) is 11.9 Å². The number of esters is 1. The van der Waals surface area contributed by atoms with E-state index in [1.165, 1.54) is 11.5 Å². The average molecular weight is 432 g/mol. The number of thiazole rings is 1. The Labute approximate surface area is 172 Å². The average Bonchev–Trinajstić information content (AvgIpc) is 3.27. The van der Waals surface area contributed by atoms with E-state index in [2.05, 4.69) is 10.3 Å².